The summed E-state index contributed by atoms with van der Waals surface area (Å²) in [5.41, 5.74) is 2.90. The summed E-state index contributed by atoms with van der Waals surface area (Å²) >= 11 is 1.56. The van der Waals surface area contributed by atoms with Crippen molar-refractivity contribution in [2.75, 3.05) is 5.75 Å². The lowest BCUT2D eigenvalue weighted by molar-refractivity contribution is -0.0347. The van der Waals surface area contributed by atoms with Crippen molar-refractivity contribution in [3.8, 4) is 0 Å². The molecule has 0 heterocycles. The van der Waals surface area contributed by atoms with Crippen molar-refractivity contribution in [1.29, 1.82) is 0 Å². The van der Waals surface area contributed by atoms with Gasteiger partial charge in [0.15, 0.2) is 0 Å². The molecule has 0 saturated heterocycles. The second-order valence-electron chi connectivity index (χ2n) is 7.50. The first-order valence-corrected chi connectivity index (χ1v) is 9.58. The van der Waals surface area contributed by atoms with Crippen LogP contribution in [0.4, 0.5) is 0 Å². The minimum absolute atomic E-state index is 0.231. The Morgan fingerprint density at radius 1 is 1.22 bits per heavy atom. The zero-order chi connectivity index (χ0) is 16.4. The summed E-state index contributed by atoms with van der Waals surface area (Å²) in [4.78, 5) is 0. The van der Waals surface area contributed by atoms with Gasteiger partial charge in [-0.15, -0.1) is 0 Å². The van der Waals surface area contributed by atoms with E-state index in [-0.39, 0.29) is 11.5 Å². The van der Waals surface area contributed by atoms with Crippen LogP contribution in [-0.4, -0.2) is 11.9 Å². The summed E-state index contributed by atoms with van der Waals surface area (Å²) in [5, 5.41) is 0. The van der Waals surface area contributed by atoms with Crippen LogP contribution in [0.5, 0.6) is 0 Å². The van der Waals surface area contributed by atoms with Crippen LogP contribution >= 0.6 is 12.0 Å². The van der Waals surface area contributed by atoms with E-state index in [1.165, 1.54) is 23.3 Å². The number of allylic oxidation sites excluding steroid dienone is 1. The second kappa shape index (κ2) is 6.90. The molecule has 3 rings (SSSR count). The van der Waals surface area contributed by atoms with Crippen LogP contribution in [0.25, 0.3) is 0 Å². The molecular weight excluding hydrogens is 304 g/mol. The number of fused-ring (bicyclic) bond motifs is 1. The summed E-state index contributed by atoms with van der Waals surface area (Å²) in [7, 11) is 0. The average Bonchev–Trinajstić information content (AvgIpc) is 2.96. The van der Waals surface area contributed by atoms with Gasteiger partial charge in [-0.2, -0.15) is 0 Å². The normalized spacial score (nSPS) is 29.0. The number of hydrogen-bond donors (Lipinski definition) is 0. The third kappa shape index (κ3) is 3.46. The molecule has 0 N–H and O–H groups in total. The third-order valence-corrected chi connectivity index (χ3v) is 5.88. The summed E-state index contributed by atoms with van der Waals surface area (Å²) in [6.07, 6.45) is 2.58. The van der Waals surface area contributed by atoms with E-state index in [0.717, 1.165) is 12.2 Å². The van der Waals surface area contributed by atoms with Crippen molar-refractivity contribution in [1.82, 2.24) is 0 Å². The van der Waals surface area contributed by atoms with Crippen molar-refractivity contribution in [2.45, 2.75) is 53.2 Å². The Kier molecular flexibility index (Phi) is 5.07. The van der Waals surface area contributed by atoms with Crippen LogP contribution in [0, 0.1) is 17.3 Å². The fraction of sp³-hybridized carbons (Fsp3) is 0.600. The summed E-state index contributed by atoms with van der Waals surface area (Å²) in [6.45, 7) is 9.79. The van der Waals surface area contributed by atoms with Gasteiger partial charge in [-0.25, -0.2) is 0 Å². The monoisotopic (exact) mass is 332 g/mol. The fourth-order valence-corrected chi connectivity index (χ4v) is 4.80. The molecule has 126 valence electrons. The van der Waals surface area contributed by atoms with Gasteiger partial charge in [0, 0.05) is 18.1 Å². The van der Waals surface area contributed by atoms with Gasteiger partial charge in [-0.1, -0.05) is 51.1 Å². The molecule has 23 heavy (non-hydrogen) atoms. The maximum Gasteiger partial charge on any atom is 0.114 e. The number of rotatable bonds is 6. The highest BCUT2D eigenvalue weighted by atomic mass is 32.2. The molecule has 0 amide bonds. The van der Waals surface area contributed by atoms with E-state index in [1.54, 1.807) is 12.0 Å². The van der Waals surface area contributed by atoms with Crippen LogP contribution in [0.3, 0.4) is 0 Å². The van der Waals surface area contributed by atoms with Gasteiger partial charge >= 0.3 is 0 Å². The Balaban J connectivity index is 1.73. The molecule has 2 aliphatic carbocycles. The molecular formula is C20H28O2S. The minimum atomic E-state index is 0.231. The van der Waals surface area contributed by atoms with Gasteiger partial charge in [0.2, 0.25) is 0 Å². The van der Waals surface area contributed by atoms with Crippen molar-refractivity contribution in [2.24, 2.45) is 17.3 Å². The van der Waals surface area contributed by atoms with Crippen molar-refractivity contribution >= 4 is 12.0 Å². The van der Waals surface area contributed by atoms with Crippen LogP contribution in [0.2, 0.25) is 0 Å². The standard InChI is InChI=1S/C20H28O2S/c1-5-23-22-17-11-16-12-20(3,4)19(18(16)14(17)2)21-13-15-9-7-6-8-10-15/h6-10,16,18-19H,5,11-13H2,1-4H3/t16-,18-,19+/m0/s1. The first-order valence-electron chi connectivity index (χ1n) is 8.67. The average molecular weight is 333 g/mol. The van der Waals surface area contributed by atoms with E-state index in [2.05, 4.69) is 58.0 Å². The molecule has 1 saturated carbocycles. The number of hydrogen-bond acceptors (Lipinski definition) is 3. The zero-order valence-corrected chi connectivity index (χ0v) is 15.5. The molecule has 2 aliphatic rings. The van der Waals surface area contributed by atoms with Gasteiger partial charge in [0.1, 0.15) is 5.76 Å². The van der Waals surface area contributed by atoms with Crippen molar-refractivity contribution < 1.29 is 8.92 Å². The molecule has 3 atom stereocenters. The Morgan fingerprint density at radius 3 is 2.65 bits per heavy atom. The first-order chi connectivity index (χ1) is 11.0. The van der Waals surface area contributed by atoms with E-state index < -0.39 is 0 Å². The Labute approximate surface area is 144 Å². The second-order valence-corrected chi connectivity index (χ2v) is 8.48. The summed E-state index contributed by atoms with van der Waals surface area (Å²) in [5.74, 6) is 3.39. The number of ether oxygens (including phenoxy) is 1. The molecule has 0 aliphatic heterocycles. The van der Waals surface area contributed by atoms with Crippen LogP contribution in [0.1, 0.15) is 46.1 Å². The molecule has 2 nitrogen and oxygen atoms in total. The van der Waals surface area contributed by atoms with Crippen LogP contribution in [0.15, 0.2) is 41.7 Å². The van der Waals surface area contributed by atoms with Gasteiger partial charge in [0.05, 0.1) is 24.8 Å². The maximum atomic E-state index is 6.44. The molecule has 1 fully saturated rings. The highest BCUT2D eigenvalue weighted by molar-refractivity contribution is 7.94. The highest BCUT2D eigenvalue weighted by Gasteiger charge is 2.53. The zero-order valence-electron chi connectivity index (χ0n) is 14.7. The van der Waals surface area contributed by atoms with Gasteiger partial charge in [-0.05, 0) is 35.8 Å². The molecule has 3 heteroatoms. The molecule has 0 radical (unpaired) electrons. The minimum Gasteiger partial charge on any atom is -0.430 e. The SMILES string of the molecule is CCSOC1=C(C)[C@H]2[C@@H](C1)CC(C)(C)[C@@H]2OCc1ccccc1. The lowest BCUT2D eigenvalue weighted by Crippen LogP contribution is -2.32. The molecule has 0 unspecified atom stereocenters. The predicted octanol–water partition coefficient (Wildman–Crippen LogP) is 5.60. The van der Waals surface area contributed by atoms with E-state index in [1.807, 2.05) is 0 Å². The maximum absolute atomic E-state index is 6.44. The molecule has 1 aromatic rings. The van der Waals surface area contributed by atoms with E-state index >= 15 is 0 Å². The molecule has 0 spiro atoms. The summed E-state index contributed by atoms with van der Waals surface area (Å²) < 4.78 is 12.4. The smallest absolute Gasteiger partial charge is 0.114 e. The molecule has 1 aromatic carbocycles. The number of benzene rings is 1. The Bertz CT molecular complexity index is 564. The summed E-state index contributed by atoms with van der Waals surface area (Å²) in [6, 6.07) is 10.5. The topological polar surface area (TPSA) is 18.5 Å². The first kappa shape index (κ1) is 16.9. The van der Waals surface area contributed by atoms with E-state index in [0.29, 0.717) is 18.4 Å². The van der Waals surface area contributed by atoms with Crippen LogP contribution in [-0.2, 0) is 15.5 Å². The van der Waals surface area contributed by atoms with E-state index in [9.17, 15) is 0 Å². The lowest BCUT2D eigenvalue weighted by atomic mass is 9.85. The quantitative estimate of drug-likeness (QED) is 0.632. The molecule has 0 aromatic heterocycles. The van der Waals surface area contributed by atoms with Crippen molar-refractivity contribution in [3.05, 3.63) is 47.2 Å². The predicted molar refractivity (Wildman–Crippen MR) is 96.9 cm³/mol. The fourth-order valence-electron chi connectivity index (χ4n) is 4.34. The van der Waals surface area contributed by atoms with Gasteiger partial charge in [0.25, 0.3) is 0 Å². The van der Waals surface area contributed by atoms with E-state index in [4.69, 9.17) is 8.92 Å². The van der Waals surface area contributed by atoms with Gasteiger partial charge < -0.3 is 8.92 Å². The van der Waals surface area contributed by atoms with Gasteiger partial charge in [-0.3, -0.25) is 0 Å². The van der Waals surface area contributed by atoms with Crippen molar-refractivity contribution in [3.63, 3.8) is 0 Å². The third-order valence-electron chi connectivity index (χ3n) is 5.33. The highest BCUT2D eigenvalue weighted by Crippen LogP contribution is 2.56. The Hall–Kier alpha value is -0.930. The molecule has 0 bridgehead atoms. The van der Waals surface area contributed by atoms with Crippen LogP contribution < -0.4 is 0 Å². The Morgan fingerprint density at radius 2 is 1.96 bits per heavy atom. The largest absolute Gasteiger partial charge is 0.430 e. The lowest BCUT2D eigenvalue weighted by Gasteiger charge is -2.31.